The molecule has 4 heterocycles. The smallest absolute Gasteiger partial charge is 0.481 e. The molecule has 2 aliphatic heterocycles. The zero-order valence-electron chi connectivity index (χ0n) is 23.1. The molecule has 3 aromatic rings. The van der Waals surface area contributed by atoms with Gasteiger partial charge in [0.05, 0.1) is 17.3 Å². The fourth-order valence-corrected chi connectivity index (χ4v) is 6.13. The van der Waals surface area contributed by atoms with Crippen LogP contribution in [0, 0.1) is 5.92 Å². The van der Waals surface area contributed by atoms with Gasteiger partial charge in [-0.25, -0.2) is 9.67 Å². The number of alkyl halides is 5. The number of pyridine rings is 1. The molecule has 0 unspecified atom stereocenters. The molecule has 6 rings (SSSR count). The van der Waals surface area contributed by atoms with E-state index in [1.807, 2.05) is 0 Å². The molecule has 43 heavy (non-hydrogen) atoms. The Kier molecular flexibility index (Phi) is 7.43. The number of carboxylic acids is 1. The van der Waals surface area contributed by atoms with Gasteiger partial charge in [0.25, 0.3) is 0 Å². The number of hydrogen-bond donors (Lipinski definition) is 1. The van der Waals surface area contributed by atoms with Crippen molar-refractivity contribution in [3.05, 3.63) is 59.0 Å². The summed E-state index contributed by atoms with van der Waals surface area (Å²) in [6.45, 7) is 3.29. The van der Waals surface area contributed by atoms with Gasteiger partial charge in [-0.2, -0.15) is 18.3 Å². The number of halogens is 5. The van der Waals surface area contributed by atoms with Crippen LogP contribution in [0.15, 0.2) is 36.5 Å². The van der Waals surface area contributed by atoms with Gasteiger partial charge in [-0.05, 0) is 75.9 Å². The van der Waals surface area contributed by atoms with Gasteiger partial charge < -0.3 is 24.2 Å². The molecule has 0 saturated carbocycles. The number of rotatable bonds is 7. The number of aliphatic carboxylic acids is 1. The van der Waals surface area contributed by atoms with Gasteiger partial charge in [-0.3, -0.25) is 4.79 Å². The van der Waals surface area contributed by atoms with Crippen LogP contribution in [-0.4, -0.2) is 56.7 Å². The lowest BCUT2D eigenvalue weighted by atomic mass is 9.85. The molecule has 230 valence electrons. The molecule has 2 aromatic heterocycles. The molecule has 0 spiro atoms. The Morgan fingerprint density at radius 2 is 1.88 bits per heavy atom. The quantitative estimate of drug-likeness (QED) is 0.328. The van der Waals surface area contributed by atoms with Gasteiger partial charge in [0.15, 0.2) is 17.2 Å². The van der Waals surface area contributed by atoms with Gasteiger partial charge in [-0.15, -0.1) is 8.78 Å². The second kappa shape index (κ2) is 11.0. The Labute approximate surface area is 243 Å². The van der Waals surface area contributed by atoms with E-state index in [0.717, 1.165) is 0 Å². The topological polar surface area (TPSA) is 98.9 Å². The number of nitrogens with zero attached hydrogens (tertiary/aromatic N) is 4. The van der Waals surface area contributed by atoms with E-state index in [1.165, 1.54) is 29.1 Å². The van der Waals surface area contributed by atoms with Crippen LogP contribution >= 0.6 is 0 Å². The summed E-state index contributed by atoms with van der Waals surface area (Å²) >= 11 is 0. The summed E-state index contributed by atoms with van der Waals surface area (Å²) in [7, 11) is 0. The lowest BCUT2D eigenvalue weighted by molar-refractivity contribution is -0.286. The van der Waals surface area contributed by atoms with E-state index in [0.29, 0.717) is 62.3 Å². The lowest BCUT2D eigenvalue weighted by Crippen LogP contribution is -2.39. The van der Waals surface area contributed by atoms with Crippen molar-refractivity contribution in [3.8, 4) is 23.1 Å². The Morgan fingerprint density at radius 3 is 2.60 bits per heavy atom. The van der Waals surface area contributed by atoms with Crippen molar-refractivity contribution in [2.45, 2.75) is 63.5 Å². The molecule has 1 aliphatic carbocycles. The standard InChI is InChI=1S/C29H29F5N4O5/c1-16(18-5-6-22-23(13-18)43-29(33,34)42-22)41-24-14-20(7-10-35-24)38-25-19(15-37-11-8-17(9-12-37)27(39)40)3-2-4-21(25)26(36-38)28(30,31)32/h5-7,10,13-14,16-17,19H,2-4,8-9,11-12,15H2,1H3,(H,39,40)/t16-,19+/m0/s1. The number of fused-ring (bicyclic) bond motifs is 2. The second-order valence-corrected chi connectivity index (χ2v) is 11.1. The first-order valence-corrected chi connectivity index (χ1v) is 14.0. The van der Waals surface area contributed by atoms with Crippen molar-refractivity contribution in [2.24, 2.45) is 5.92 Å². The molecule has 1 fully saturated rings. The molecule has 1 saturated heterocycles. The minimum atomic E-state index is -4.64. The Bertz CT molecular complexity index is 1520. The van der Waals surface area contributed by atoms with Crippen molar-refractivity contribution in [2.75, 3.05) is 19.6 Å². The average molecular weight is 609 g/mol. The minimum absolute atomic E-state index is 0.105. The van der Waals surface area contributed by atoms with E-state index in [1.54, 1.807) is 19.1 Å². The molecule has 2 atom stereocenters. The third-order valence-electron chi connectivity index (χ3n) is 8.23. The number of piperidine rings is 1. The molecule has 0 amide bonds. The Morgan fingerprint density at radius 1 is 1.14 bits per heavy atom. The monoisotopic (exact) mass is 608 g/mol. The van der Waals surface area contributed by atoms with E-state index in [4.69, 9.17) is 4.74 Å². The maximum absolute atomic E-state index is 14.1. The highest BCUT2D eigenvalue weighted by Crippen LogP contribution is 2.43. The molecule has 1 aromatic carbocycles. The van der Waals surface area contributed by atoms with Crippen LogP contribution in [0.3, 0.4) is 0 Å². The number of carboxylic acid groups (broad SMARTS) is 1. The number of ether oxygens (including phenoxy) is 3. The average Bonchev–Trinajstić information content (AvgIpc) is 3.50. The molecule has 0 bridgehead atoms. The molecular formula is C29H29F5N4O5. The van der Waals surface area contributed by atoms with E-state index in [-0.39, 0.29) is 35.3 Å². The molecule has 1 N–H and O–H groups in total. The summed E-state index contributed by atoms with van der Waals surface area (Å²) in [5.74, 6) is -1.60. The second-order valence-electron chi connectivity index (χ2n) is 11.1. The predicted molar refractivity (Wildman–Crippen MR) is 141 cm³/mol. The summed E-state index contributed by atoms with van der Waals surface area (Å²) in [4.78, 5) is 17.7. The van der Waals surface area contributed by atoms with E-state index >= 15 is 0 Å². The highest BCUT2D eigenvalue weighted by Gasteiger charge is 2.44. The van der Waals surface area contributed by atoms with Crippen LogP contribution in [0.25, 0.3) is 5.69 Å². The number of carbonyl (C=O) groups is 1. The predicted octanol–water partition coefficient (Wildman–Crippen LogP) is 5.96. The van der Waals surface area contributed by atoms with Crippen molar-refractivity contribution in [1.29, 1.82) is 0 Å². The molecule has 0 radical (unpaired) electrons. The fraction of sp³-hybridized carbons (Fsp3) is 0.483. The third-order valence-corrected chi connectivity index (χ3v) is 8.23. The van der Waals surface area contributed by atoms with Crippen LogP contribution in [0.5, 0.6) is 17.4 Å². The molecule has 3 aliphatic rings. The maximum Gasteiger partial charge on any atom is 0.586 e. The molecule has 14 heteroatoms. The summed E-state index contributed by atoms with van der Waals surface area (Å²) in [6, 6.07) is 7.30. The number of hydrogen-bond acceptors (Lipinski definition) is 7. The van der Waals surface area contributed by atoms with Crippen molar-refractivity contribution >= 4 is 5.97 Å². The van der Waals surface area contributed by atoms with Crippen LogP contribution < -0.4 is 14.2 Å². The van der Waals surface area contributed by atoms with Gasteiger partial charge in [0.2, 0.25) is 5.88 Å². The normalized spacial score (nSPS) is 20.9. The van der Waals surface area contributed by atoms with Gasteiger partial charge >= 0.3 is 18.4 Å². The minimum Gasteiger partial charge on any atom is -0.481 e. The van der Waals surface area contributed by atoms with Crippen molar-refractivity contribution in [1.82, 2.24) is 19.7 Å². The first-order valence-electron chi connectivity index (χ1n) is 14.0. The van der Waals surface area contributed by atoms with E-state index in [9.17, 15) is 31.9 Å². The van der Waals surface area contributed by atoms with Crippen LogP contribution in [0.2, 0.25) is 0 Å². The van der Waals surface area contributed by atoms with Crippen molar-refractivity contribution in [3.63, 3.8) is 0 Å². The zero-order valence-corrected chi connectivity index (χ0v) is 23.1. The number of aromatic nitrogens is 3. The lowest BCUT2D eigenvalue weighted by Gasteiger charge is -2.34. The fourth-order valence-electron chi connectivity index (χ4n) is 6.13. The largest absolute Gasteiger partial charge is 0.586 e. The summed E-state index contributed by atoms with van der Waals surface area (Å²) in [5, 5.41) is 13.4. The first kappa shape index (κ1) is 29.1. The summed E-state index contributed by atoms with van der Waals surface area (Å²) < 4.78 is 85.5. The molecular weight excluding hydrogens is 579 g/mol. The van der Waals surface area contributed by atoms with E-state index in [2.05, 4.69) is 24.5 Å². The van der Waals surface area contributed by atoms with E-state index < -0.39 is 36.2 Å². The highest BCUT2D eigenvalue weighted by molar-refractivity contribution is 5.70. The SMILES string of the molecule is C[C@H](Oc1cc(-n2nc(C(F)(F)F)c3c2[C@@H](CN2CCC(C(=O)O)CC2)CCC3)ccn1)c1ccc2c(c1)OC(F)(F)O2. The third kappa shape index (κ3) is 5.97. The van der Waals surface area contributed by atoms with Crippen LogP contribution in [-0.2, 0) is 17.4 Å². The Hall–Kier alpha value is -3.94. The van der Waals surface area contributed by atoms with Crippen LogP contribution in [0.1, 0.15) is 67.1 Å². The number of likely N-dealkylation sites (tertiary alicyclic amines) is 1. The molecule has 9 nitrogen and oxygen atoms in total. The van der Waals surface area contributed by atoms with Crippen molar-refractivity contribution < 1.29 is 46.1 Å². The van der Waals surface area contributed by atoms with Gasteiger partial charge in [0.1, 0.15) is 6.10 Å². The zero-order chi connectivity index (χ0) is 30.5. The number of benzene rings is 1. The summed E-state index contributed by atoms with van der Waals surface area (Å²) in [5.41, 5.74) is 0.581. The maximum atomic E-state index is 14.1. The van der Waals surface area contributed by atoms with Crippen LogP contribution in [0.4, 0.5) is 22.0 Å². The van der Waals surface area contributed by atoms with Gasteiger partial charge in [-0.1, -0.05) is 6.07 Å². The van der Waals surface area contributed by atoms with Gasteiger partial charge in [0, 0.05) is 30.3 Å². The Balaban J connectivity index is 1.27. The first-order chi connectivity index (χ1) is 20.4. The highest BCUT2D eigenvalue weighted by atomic mass is 19.4. The summed E-state index contributed by atoms with van der Waals surface area (Å²) in [6.07, 6.45) is -5.17.